The van der Waals surface area contributed by atoms with E-state index in [1.54, 1.807) is 0 Å². The highest BCUT2D eigenvalue weighted by molar-refractivity contribution is 14.0. The Hall–Kier alpha value is -0.340. The summed E-state index contributed by atoms with van der Waals surface area (Å²) in [5, 5.41) is 5.50. The van der Waals surface area contributed by atoms with Crippen LogP contribution in [0.1, 0.15) is 18.7 Å². The Labute approximate surface area is 149 Å². The van der Waals surface area contributed by atoms with Crippen molar-refractivity contribution in [2.45, 2.75) is 20.3 Å². The van der Waals surface area contributed by atoms with E-state index in [1.165, 1.54) is 4.88 Å². The average molecular weight is 423 g/mol. The second-order valence-corrected chi connectivity index (χ2v) is 6.76. The molecule has 0 bridgehead atoms. The van der Waals surface area contributed by atoms with Crippen LogP contribution >= 0.6 is 35.3 Å². The van der Waals surface area contributed by atoms with Gasteiger partial charge in [0.25, 0.3) is 0 Å². The van der Waals surface area contributed by atoms with Gasteiger partial charge < -0.3 is 15.0 Å². The zero-order chi connectivity index (χ0) is 14.4. The van der Waals surface area contributed by atoms with Crippen LogP contribution < -0.4 is 5.32 Å². The highest BCUT2D eigenvalue weighted by atomic mass is 127. The van der Waals surface area contributed by atoms with E-state index in [0.717, 1.165) is 45.2 Å². The van der Waals surface area contributed by atoms with Crippen LogP contribution in [0, 0.1) is 5.41 Å². The summed E-state index contributed by atoms with van der Waals surface area (Å²) < 4.78 is 5.29. The molecule has 0 amide bonds. The minimum absolute atomic E-state index is 0. The lowest BCUT2D eigenvalue weighted by molar-refractivity contribution is -0.0945. The fourth-order valence-electron chi connectivity index (χ4n) is 2.12. The van der Waals surface area contributed by atoms with E-state index >= 15 is 0 Å². The quantitative estimate of drug-likeness (QED) is 0.435. The van der Waals surface area contributed by atoms with Gasteiger partial charge >= 0.3 is 0 Å². The van der Waals surface area contributed by atoms with Crippen molar-refractivity contribution < 1.29 is 4.74 Å². The number of likely N-dealkylation sites (N-methyl/N-ethyl adjacent to an activating group) is 1. The van der Waals surface area contributed by atoms with Gasteiger partial charge in [-0.25, -0.2) is 0 Å². The molecule has 0 atom stereocenters. The van der Waals surface area contributed by atoms with Crippen molar-refractivity contribution >= 4 is 41.3 Å². The van der Waals surface area contributed by atoms with E-state index in [4.69, 9.17) is 9.73 Å². The Morgan fingerprint density at radius 2 is 2.29 bits per heavy atom. The molecule has 1 saturated heterocycles. The van der Waals surface area contributed by atoms with Gasteiger partial charge in [-0.05, 0) is 24.8 Å². The van der Waals surface area contributed by atoms with Crippen LogP contribution in [-0.2, 0) is 11.2 Å². The normalized spacial score (nSPS) is 16.8. The Kier molecular flexibility index (Phi) is 7.97. The zero-order valence-corrected chi connectivity index (χ0v) is 16.2. The maximum atomic E-state index is 5.29. The molecule has 6 heteroatoms. The molecule has 1 aliphatic rings. The fraction of sp³-hybridized carbons (Fsp3) is 0.667. The molecular formula is C15H26IN3OS. The first-order valence-electron chi connectivity index (χ1n) is 7.22. The summed E-state index contributed by atoms with van der Waals surface area (Å²) in [6, 6.07) is 4.30. The maximum Gasteiger partial charge on any atom is 0.193 e. The first-order valence-corrected chi connectivity index (χ1v) is 8.10. The summed E-state index contributed by atoms with van der Waals surface area (Å²) in [6.45, 7) is 8.71. The summed E-state index contributed by atoms with van der Waals surface area (Å²) in [5.74, 6) is 0.997. The third-order valence-electron chi connectivity index (χ3n) is 3.48. The van der Waals surface area contributed by atoms with Crippen LogP contribution in [0.5, 0.6) is 0 Å². The lowest BCUT2D eigenvalue weighted by Gasteiger charge is -2.37. The van der Waals surface area contributed by atoms with E-state index in [2.05, 4.69) is 48.6 Å². The third kappa shape index (κ3) is 5.75. The number of halogens is 1. The number of guanidine groups is 1. The molecule has 4 nitrogen and oxygen atoms in total. The second-order valence-electron chi connectivity index (χ2n) is 5.72. The summed E-state index contributed by atoms with van der Waals surface area (Å²) in [4.78, 5) is 8.40. The molecule has 0 aromatic carbocycles. The number of rotatable bonds is 6. The van der Waals surface area contributed by atoms with Gasteiger partial charge in [0.1, 0.15) is 0 Å². The van der Waals surface area contributed by atoms with Gasteiger partial charge in [0.15, 0.2) is 5.96 Å². The van der Waals surface area contributed by atoms with E-state index < -0.39 is 0 Å². The van der Waals surface area contributed by atoms with Gasteiger partial charge in [-0.3, -0.25) is 4.99 Å². The fourth-order valence-corrected chi connectivity index (χ4v) is 2.81. The van der Waals surface area contributed by atoms with Crippen LogP contribution in [0.3, 0.4) is 0 Å². The monoisotopic (exact) mass is 423 g/mol. The van der Waals surface area contributed by atoms with Gasteiger partial charge in [0.2, 0.25) is 0 Å². The third-order valence-corrected chi connectivity index (χ3v) is 4.42. The average Bonchev–Trinajstić information content (AvgIpc) is 2.92. The van der Waals surface area contributed by atoms with Crippen molar-refractivity contribution in [3.8, 4) is 0 Å². The van der Waals surface area contributed by atoms with Crippen molar-refractivity contribution in [3.63, 3.8) is 0 Å². The molecule has 2 heterocycles. The Morgan fingerprint density at radius 1 is 1.52 bits per heavy atom. The van der Waals surface area contributed by atoms with Crippen molar-refractivity contribution in [1.29, 1.82) is 0 Å². The summed E-state index contributed by atoms with van der Waals surface area (Å²) in [6.07, 6.45) is 1.07. The summed E-state index contributed by atoms with van der Waals surface area (Å²) in [5.41, 5.74) is 0.231. The SMILES string of the molecule is CCNC(=NCC1(C)COC1)N(C)CCc1cccs1.I. The Bertz CT molecular complexity index is 432. The molecule has 0 aliphatic carbocycles. The number of ether oxygens (including phenoxy) is 1. The molecule has 1 fully saturated rings. The summed E-state index contributed by atoms with van der Waals surface area (Å²) >= 11 is 1.82. The van der Waals surface area contributed by atoms with Crippen molar-refractivity contribution in [3.05, 3.63) is 22.4 Å². The molecule has 0 unspecified atom stereocenters. The second kappa shape index (κ2) is 8.95. The van der Waals surface area contributed by atoms with E-state index in [9.17, 15) is 0 Å². The minimum atomic E-state index is 0. The standard InChI is InChI=1S/C15H25N3OS.HI/c1-4-16-14(17-10-15(2)11-19-12-15)18(3)8-7-13-6-5-9-20-13;/h5-6,9H,4,7-8,10-12H2,1-3H3,(H,16,17);1H. The minimum Gasteiger partial charge on any atom is -0.380 e. The van der Waals surface area contributed by atoms with E-state index in [-0.39, 0.29) is 29.4 Å². The van der Waals surface area contributed by atoms with Crippen LogP contribution in [0.4, 0.5) is 0 Å². The molecule has 0 spiro atoms. The molecule has 2 rings (SSSR count). The van der Waals surface area contributed by atoms with Gasteiger partial charge in [-0.1, -0.05) is 13.0 Å². The van der Waals surface area contributed by atoms with Crippen LogP contribution in [0.25, 0.3) is 0 Å². The maximum absolute atomic E-state index is 5.29. The van der Waals surface area contributed by atoms with Gasteiger partial charge in [-0.2, -0.15) is 0 Å². The molecule has 1 N–H and O–H groups in total. The molecule has 0 radical (unpaired) electrons. The number of hydrogen-bond donors (Lipinski definition) is 1. The van der Waals surface area contributed by atoms with Crippen molar-refractivity contribution in [2.75, 3.05) is 39.9 Å². The van der Waals surface area contributed by atoms with Crippen LogP contribution in [0.2, 0.25) is 0 Å². The molecule has 120 valence electrons. The first kappa shape index (κ1) is 18.7. The Balaban J connectivity index is 0.00000220. The van der Waals surface area contributed by atoms with Gasteiger partial charge in [0, 0.05) is 30.4 Å². The molecule has 1 aromatic rings. The zero-order valence-electron chi connectivity index (χ0n) is 13.1. The number of nitrogens with one attached hydrogen (secondary N) is 1. The molecule has 1 aromatic heterocycles. The first-order chi connectivity index (χ1) is 9.63. The lowest BCUT2D eigenvalue weighted by atomic mass is 9.89. The number of hydrogen-bond acceptors (Lipinski definition) is 3. The number of nitrogens with zero attached hydrogens (tertiary/aromatic N) is 2. The van der Waals surface area contributed by atoms with Gasteiger partial charge in [0.05, 0.1) is 19.8 Å². The smallest absolute Gasteiger partial charge is 0.193 e. The predicted octanol–water partition coefficient (Wildman–Crippen LogP) is 2.84. The number of aliphatic imine (C=N–C) groups is 1. The molecule has 21 heavy (non-hydrogen) atoms. The predicted molar refractivity (Wildman–Crippen MR) is 101 cm³/mol. The van der Waals surface area contributed by atoms with Crippen LogP contribution in [0.15, 0.2) is 22.5 Å². The highest BCUT2D eigenvalue weighted by Gasteiger charge is 2.33. The van der Waals surface area contributed by atoms with E-state index in [0.29, 0.717) is 0 Å². The van der Waals surface area contributed by atoms with Crippen molar-refractivity contribution in [2.24, 2.45) is 10.4 Å². The molecular weight excluding hydrogens is 397 g/mol. The van der Waals surface area contributed by atoms with Crippen molar-refractivity contribution in [1.82, 2.24) is 10.2 Å². The Morgan fingerprint density at radius 3 is 2.81 bits per heavy atom. The highest BCUT2D eigenvalue weighted by Crippen LogP contribution is 2.26. The molecule has 1 aliphatic heterocycles. The van der Waals surface area contributed by atoms with E-state index in [1.807, 2.05) is 11.3 Å². The topological polar surface area (TPSA) is 36.9 Å². The van der Waals surface area contributed by atoms with Crippen LogP contribution in [-0.4, -0.2) is 50.8 Å². The largest absolute Gasteiger partial charge is 0.380 e. The van der Waals surface area contributed by atoms with Gasteiger partial charge in [-0.15, -0.1) is 35.3 Å². The molecule has 0 saturated carbocycles. The summed E-state index contributed by atoms with van der Waals surface area (Å²) in [7, 11) is 2.11. The lowest BCUT2D eigenvalue weighted by Crippen LogP contribution is -2.45. The number of thiophene rings is 1.